The Hall–Kier alpha value is -2.24. The lowest BCUT2D eigenvalue weighted by atomic mass is 10.1. The van der Waals surface area contributed by atoms with Gasteiger partial charge in [0.1, 0.15) is 0 Å². The van der Waals surface area contributed by atoms with E-state index in [4.69, 9.17) is 0 Å². The van der Waals surface area contributed by atoms with Gasteiger partial charge in [0.25, 0.3) is 0 Å². The van der Waals surface area contributed by atoms with Crippen LogP contribution in [0.1, 0.15) is 5.82 Å². The van der Waals surface area contributed by atoms with E-state index in [0.717, 1.165) is 10.9 Å². The Morgan fingerprint density at radius 3 is 2.63 bits per heavy atom. The Kier molecular flexibility index (Phi) is 2.41. The molecule has 2 aromatic heterocycles. The van der Waals surface area contributed by atoms with Crippen molar-refractivity contribution >= 4 is 10.9 Å². The van der Waals surface area contributed by atoms with Crippen LogP contribution in [0.5, 0.6) is 0 Å². The predicted molar refractivity (Wildman–Crippen MR) is 65.5 cm³/mol. The number of nitrogens with zero attached hydrogens (tertiary/aromatic N) is 2. The van der Waals surface area contributed by atoms with Gasteiger partial charge in [-0.25, -0.2) is 4.98 Å². The fourth-order valence-electron chi connectivity index (χ4n) is 2.16. The lowest BCUT2D eigenvalue weighted by Crippen LogP contribution is -2.06. The summed E-state index contributed by atoms with van der Waals surface area (Å²) in [7, 11) is 1.85. The van der Waals surface area contributed by atoms with Gasteiger partial charge in [-0.15, -0.1) is 0 Å². The largest absolute Gasteiger partial charge is 0.449 e. The number of H-pyrrole nitrogens is 1. The minimum atomic E-state index is -4.46. The van der Waals surface area contributed by atoms with E-state index in [0.29, 0.717) is 11.3 Å². The SMILES string of the molecule is Cn1cc(-c2cnc(C(F)(F)F)[nH]2)c2ccccc21. The predicted octanol–water partition coefficient (Wildman–Crippen LogP) is 3.59. The van der Waals surface area contributed by atoms with Crippen molar-refractivity contribution in [3.05, 3.63) is 42.5 Å². The molecular formula is C13H10F3N3. The number of benzene rings is 1. The van der Waals surface area contributed by atoms with E-state index in [1.165, 1.54) is 6.20 Å². The minimum absolute atomic E-state index is 0.365. The maximum Gasteiger partial charge on any atom is 0.449 e. The molecule has 0 saturated heterocycles. The molecular weight excluding hydrogens is 255 g/mol. The van der Waals surface area contributed by atoms with Crippen LogP contribution in [0.15, 0.2) is 36.7 Å². The van der Waals surface area contributed by atoms with E-state index in [1.807, 2.05) is 35.9 Å². The number of nitrogens with one attached hydrogen (secondary N) is 1. The zero-order valence-corrected chi connectivity index (χ0v) is 9.99. The average Bonchev–Trinajstić information content (AvgIpc) is 2.94. The summed E-state index contributed by atoms with van der Waals surface area (Å²) in [6.07, 6.45) is -1.45. The molecule has 2 heterocycles. The fraction of sp³-hybridized carbons (Fsp3) is 0.154. The van der Waals surface area contributed by atoms with Gasteiger partial charge in [-0.3, -0.25) is 0 Å². The molecule has 0 saturated carbocycles. The molecule has 1 N–H and O–H groups in total. The molecule has 0 atom stereocenters. The molecule has 3 rings (SSSR count). The van der Waals surface area contributed by atoms with Crippen molar-refractivity contribution in [2.24, 2.45) is 7.05 Å². The van der Waals surface area contributed by atoms with Crippen LogP contribution >= 0.6 is 0 Å². The first kappa shape index (κ1) is 11.8. The second kappa shape index (κ2) is 3.88. The number of aromatic amines is 1. The summed E-state index contributed by atoms with van der Waals surface area (Å²) in [5, 5.41) is 0.891. The molecule has 0 aliphatic carbocycles. The van der Waals surface area contributed by atoms with Crippen molar-refractivity contribution in [1.82, 2.24) is 14.5 Å². The first-order valence-corrected chi connectivity index (χ1v) is 5.63. The minimum Gasteiger partial charge on any atom is -0.350 e. The second-order valence-corrected chi connectivity index (χ2v) is 4.31. The molecule has 0 radical (unpaired) electrons. The molecule has 0 aliphatic heterocycles. The summed E-state index contributed by atoms with van der Waals surface area (Å²) in [6.45, 7) is 0. The molecule has 0 aliphatic rings. The van der Waals surface area contributed by atoms with E-state index in [9.17, 15) is 13.2 Å². The van der Waals surface area contributed by atoms with Crippen LogP contribution in [-0.2, 0) is 13.2 Å². The van der Waals surface area contributed by atoms with Crippen LogP contribution in [0, 0.1) is 0 Å². The number of fused-ring (bicyclic) bond motifs is 1. The highest BCUT2D eigenvalue weighted by molar-refractivity contribution is 5.95. The molecule has 0 spiro atoms. The molecule has 6 heteroatoms. The third-order valence-electron chi connectivity index (χ3n) is 3.03. The number of aryl methyl sites for hydroxylation is 1. The van der Waals surface area contributed by atoms with Crippen molar-refractivity contribution in [3.8, 4) is 11.3 Å². The Morgan fingerprint density at radius 1 is 1.21 bits per heavy atom. The molecule has 0 amide bonds. The van der Waals surface area contributed by atoms with Gasteiger partial charge in [0.2, 0.25) is 5.82 Å². The summed E-state index contributed by atoms with van der Waals surface area (Å²) < 4.78 is 39.5. The molecule has 19 heavy (non-hydrogen) atoms. The fourth-order valence-corrected chi connectivity index (χ4v) is 2.16. The summed E-state index contributed by atoms with van der Waals surface area (Å²) >= 11 is 0. The van der Waals surface area contributed by atoms with Crippen LogP contribution in [0.25, 0.3) is 22.2 Å². The quantitative estimate of drug-likeness (QED) is 0.716. The Labute approximate surface area is 106 Å². The van der Waals surface area contributed by atoms with Crippen molar-refractivity contribution in [2.75, 3.05) is 0 Å². The van der Waals surface area contributed by atoms with Gasteiger partial charge >= 0.3 is 6.18 Å². The van der Waals surface area contributed by atoms with Gasteiger partial charge < -0.3 is 9.55 Å². The molecule has 3 nitrogen and oxygen atoms in total. The summed E-state index contributed by atoms with van der Waals surface area (Å²) in [6, 6.07) is 7.53. The topological polar surface area (TPSA) is 33.6 Å². The van der Waals surface area contributed by atoms with Crippen molar-refractivity contribution in [1.29, 1.82) is 0 Å². The summed E-state index contributed by atoms with van der Waals surface area (Å²) in [4.78, 5) is 5.72. The van der Waals surface area contributed by atoms with E-state index < -0.39 is 12.0 Å². The van der Waals surface area contributed by atoms with Crippen LogP contribution in [0.2, 0.25) is 0 Å². The Bertz CT molecular complexity index is 737. The number of hydrogen-bond acceptors (Lipinski definition) is 1. The van der Waals surface area contributed by atoms with Crippen LogP contribution in [0.3, 0.4) is 0 Å². The zero-order valence-electron chi connectivity index (χ0n) is 9.99. The van der Waals surface area contributed by atoms with Crippen LogP contribution < -0.4 is 0 Å². The van der Waals surface area contributed by atoms with E-state index >= 15 is 0 Å². The number of aromatic nitrogens is 3. The Morgan fingerprint density at radius 2 is 1.95 bits per heavy atom. The number of alkyl halides is 3. The highest BCUT2D eigenvalue weighted by Gasteiger charge is 2.34. The van der Waals surface area contributed by atoms with Gasteiger partial charge in [-0.1, -0.05) is 18.2 Å². The first-order valence-electron chi connectivity index (χ1n) is 5.63. The molecule has 98 valence electrons. The number of rotatable bonds is 1. The molecule has 3 aromatic rings. The molecule has 0 bridgehead atoms. The van der Waals surface area contributed by atoms with E-state index in [2.05, 4.69) is 9.97 Å². The van der Waals surface area contributed by atoms with Gasteiger partial charge in [0.15, 0.2) is 0 Å². The van der Waals surface area contributed by atoms with Crippen molar-refractivity contribution < 1.29 is 13.2 Å². The Balaban J connectivity index is 2.17. The lowest BCUT2D eigenvalue weighted by molar-refractivity contribution is -0.144. The van der Waals surface area contributed by atoms with Crippen LogP contribution in [-0.4, -0.2) is 14.5 Å². The maximum atomic E-state index is 12.5. The van der Waals surface area contributed by atoms with Crippen LogP contribution in [0.4, 0.5) is 13.2 Å². The van der Waals surface area contributed by atoms with Gasteiger partial charge in [-0.2, -0.15) is 13.2 Å². The van der Waals surface area contributed by atoms with Gasteiger partial charge in [0, 0.05) is 29.7 Å². The number of hydrogen-bond donors (Lipinski definition) is 1. The standard InChI is InChI=1S/C13H10F3N3/c1-19-7-9(8-4-2-3-5-11(8)19)10-6-17-12(18-10)13(14,15)16/h2-7H,1H3,(H,17,18). The third-order valence-corrected chi connectivity index (χ3v) is 3.03. The van der Waals surface area contributed by atoms with Crippen molar-refractivity contribution in [3.63, 3.8) is 0 Å². The lowest BCUT2D eigenvalue weighted by Gasteiger charge is -2.00. The zero-order chi connectivity index (χ0) is 13.6. The average molecular weight is 265 g/mol. The van der Waals surface area contributed by atoms with E-state index in [1.54, 1.807) is 6.20 Å². The number of para-hydroxylation sites is 1. The van der Waals surface area contributed by atoms with Gasteiger partial charge in [-0.05, 0) is 6.07 Å². The van der Waals surface area contributed by atoms with Crippen molar-refractivity contribution in [2.45, 2.75) is 6.18 Å². The number of imidazole rings is 1. The maximum absolute atomic E-state index is 12.5. The first-order chi connectivity index (χ1) is 8.97. The highest BCUT2D eigenvalue weighted by Crippen LogP contribution is 2.32. The molecule has 0 unspecified atom stereocenters. The normalized spacial score (nSPS) is 12.2. The highest BCUT2D eigenvalue weighted by atomic mass is 19.4. The number of halogens is 3. The van der Waals surface area contributed by atoms with Gasteiger partial charge in [0.05, 0.1) is 11.9 Å². The van der Waals surface area contributed by atoms with E-state index in [-0.39, 0.29) is 0 Å². The summed E-state index contributed by atoms with van der Waals surface area (Å²) in [5.41, 5.74) is 2.03. The molecule has 0 fully saturated rings. The third kappa shape index (κ3) is 1.89. The monoisotopic (exact) mass is 265 g/mol. The second-order valence-electron chi connectivity index (χ2n) is 4.31. The smallest absolute Gasteiger partial charge is 0.350 e. The summed E-state index contributed by atoms with van der Waals surface area (Å²) in [5.74, 6) is -0.976. The molecule has 1 aromatic carbocycles.